The van der Waals surface area contributed by atoms with E-state index in [2.05, 4.69) is 4.98 Å². The normalized spacial score (nSPS) is 16.1. The Morgan fingerprint density at radius 1 is 1.26 bits per heavy atom. The molecule has 1 saturated heterocycles. The fourth-order valence-corrected chi connectivity index (χ4v) is 2.73. The minimum atomic E-state index is -4.52. The number of alkyl halides is 3. The second-order valence-electron chi connectivity index (χ2n) is 5.55. The highest BCUT2D eigenvalue weighted by Gasteiger charge is 2.34. The van der Waals surface area contributed by atoms with Gasteiger partial charge in [-0.1, -0.05) is 0 Å². The van der Waals surface area contributed by atoms with Crippen LogP contribution in [0.15, 0.2) is 12.1 Å². The van der Waals surface area contributed by atoms with Crippen molar-refractivity contribution in [3.63, 3.8) is 0 Å². The summed E-state index contributed by atoms with van der Waals surface area (Å²) in [4.78, 5) is 17.9. The Morgan fingerprint density at radius 3 is 2.52 bits per heavy atom. The van der Waals surface area contributed by atoms with Gasteiger partial charge in [0.2, 0.25) is 0 Å². The van der Waals surface area contributed by atoms with Crippen LogP contribution in [0.5, 0.6) is 0 Å². The smallest absolute Gasteiger partial charge is 0.378 e. The molecule has 5 nitrogen and oxygen atoms in total. The van der Waals surface area contributed by atoms with Crippen molar-refractivity contribution in [1.29, 1.82) is 0 Å². The number of morpholine rings is 1. The predicted octanol–water partition coefficient (Wildman–Crippen LogP) is 2.37. The number of nitrogens with zero attached hydrogens (tertiary/aromatic N) is 3. The van der Waals surface area contributed by atoms with Crippen molar-refractivity contribution in [2.75, 3.05) is 26.3 Å². The molecule has 1 aliphatic rings. The Bertz CT molecular complexity index is 761. The summed E-state index contributed by atoms with van der Waals surface area (Å²) in [7, 11) is 1.56. The molecule has 0 spiro atoms. The van der Waals surface area contributed by atoms with Gasteiger partial charge in [-0.25, -0.2) is 4.98 Å². The number of fused-ring (bicyclic) bond motifs is 1. The molecule has 1 amide bonds. The molecule has 2 aromatic heterocycles. The van der Waals surface area contributed by atoms with Gasteiger partial charge in [0.1, 0.15) is 17.0 Å². The van der Waals surface area contributed by atoms with Crippen molar-refractivity contribution in [3.8, 4) is 0 Å². The third-order valence-electron chi connectivity index (χ3n) is 4.01. The number of halogens is 3. The van der Waals surface area contributed by atoms with Gasteiger partial charge in [0.25, 0.3) is 5.91 Å². The van der Waals surface area contributed by atoms with Crippen molar-refractivity contribution in [2.24, 2.45) is 7.05 Å². The van der Waals surface area contributed by atoms with E-state index in [1.165, 1.54) is 4.57 Å². The maximum absolute atomic E-state index is 12.9. The molecule has 0 N–H and O–H groups in total. The van der Waals surface area contributed by atoms with Gasteiger partial charge < -0.3 is 14.2 Å². The topological polar surface area (TPSA) is 47.4 Å². The fraction of sp³-hybridized carbons (Fsp3) is 0.467. The lowest BCUT2D eigenvalue weighted by molar-refractivity contribution is -0.141. The number of hydrogen-bond acceptors (Lipinski definition) is 3. The lowest BCUT2D eigenvalue weighted by Crippen LogP contribution is -2.41. The molecule has 0 bridgehead atoms. The zero-order chi connectivity index (χ0) is 16.8. The molecule has 0 radical (unpaired) electrons. The van der Waals surface area contributed by atoms with Gasteiger partial charge in [0.15, 0.2) is 0 Å². The van der Waals surface area contributed by atoms with Crippen LogP contribution in [-0.4, -0.2) is 46.7 Å². The fourth-order valence-electron chi connectivity index (χ4n) is 2.73. The Balaban J connectivity index is 2.07. The zero-order valence-electron chi connectivity index (χ0n) is 12.8. The molecular formula is C15H16F3N3O2. The summed E-state index contributed by atoms with van der Waals surface area (Å²) in [5, 5.41) is 0.553. The van der Waals surface area contributed by atoms with E-state index in [-0.39, 0.29) is 11.6 Å². The van der Waals surface area contributed by atoms with E-state index in [4.69, 9.17) is 4.74 Å². The minimum absolute atomic E-state index is 0.161. The first-order valence-corrected chi connectivity index (χ1v) is 7.20. The molecule has 23 heavy (non-hydrogen) atoms. The Labute approximate surface area is 130 Å². The first-order chi connectivity index (χ1) is 10.8. The lowest BCUT2D eigenvalue weighted by atomic mass is 10.1. The van der Waals surface area contributed by atoms with Gasteiger partial charge in [0.05, 0.1) is 13.2 Å². The minimum Gasteiger partial charge on any atom is -0.378 e. The molecule has 0 saturated carbocycles. The maximum Gasteiger partial charge on any atom is 0.433 e. The highest BCUT2D eigenvalue weighted by Crippen LogP contribution is 2.31. The zero-order valence-corrected chi connectivity index (χ0v) is 12.8. The third kappa shape index (κ3) is 2.78. The van der Waals surface area contributed by atoms with Gasteiger partial charge >= 0.3 is 6.18 Å². The van der Waals surface area contributed by atoms with Crippen LogP contribution < -0.4 is 0 Å². The summed E-state index contributed by atoms with van der Waals surface area (Å²) >= 11 is 0. The SMILES string of the molecule is Cc1cc(C(F)(F)F)nc2c1cc(C(=O)N1CCOCC1)n2C. The summed E-state index contributed by atoms with van der Waals surface area (Å²) in [6.45, 7) is 3.46. The molecule has 0 atom stereocenters. The van der Waals surface area contributed by atoms with E-state index in [9.17, 15) is 18.0 Å². The van der Waals surface area contributed by atoms with Crippen LogP contribution in [0.2, 0.25) is 0 Å². The highest BCUT2D eigenvalue weighted by molar-refractivity contribution is 5.98. The van der Waals surface area contributed by atoms with Gasteiger partial charge in [-0.3, -0.25) is 4.79 Å². The number of pyridine rings is 1. The molecule has 0 aromatic carbocycles. The lowest BCUT2D eigenvalue weighted by Gasteiger charge is -2.26. The summed E-state index contributed by atoms with van der Waals surface area (Å²) in [6.07, 6.45) is -4.52. The Morgan fingerprint density at radius 2 is 1.91 bits per heavy atom. The molecule has 1 aliphatic heterocycles. The molecule has 124 valence electrons. The number of rotatable bonds is 1. The highest BCUT2D eigenvalue weighted by atomic mass is 19.4. The summed E-state index contributed by atoms with van der Waals surface area (Å²) in [5.41, 5.74) is -0.0150. The molecule has 1 fully saturated rings. The number of aromatic nitrogens is 2. The second-order valence-corrected chi connectivity index (χ2v) is 5.55. The molecule has 3 rings (SSSR count). The van der Waals surface area contributed by atoms with E-state index < -0.39 is 11.9 Å². The van der Waals surface area contributed by atoms with Crippen LogP contribution in [0.25, 0.3) is 11.0 Å². The number of aryl methyl sites for hydroxylation is 2. The predicted molar refractivity (Wildman–Crippen MR) is 77.2 cm³/mol. The summed E-state index contributed by atoms with van der Waals surface area (Å²) in [5.74, 6) is -0.221. The number of carbonyl (C=O) groups is 1. The van der Waals surface area contributed by atoms with Gasteiger partial charge in [-0.05, 0) is 24.6 Å². The molecule has 0 unspecified atom stereocenters. The quantitative estimate of drug-likeness (QED) is 0.808. The number of carbonyl (C=O) groups excluding carboxylic acids is 1. The van der Waals surface area contributed by atoms with Crippen LogP contribution in [0.1, 0.15) is 21.7 Å². The summed E-state index contributed by atoms with van der Waals surface area (Å²) < 4.78 is 45.4. The molecule has 0 aliphatic carbocycles. The van der Waals surface area contributed by atoms with Crippen molar-refractivity contribution >= 4 is 16.9 Å². The Hall–Kier alpha value is -2.09. The maximum atomic E-state index is 12.9. The summed E-state index contributed by atoms with van der Waals surface area (Å²) in [6, 6.07) is 2.61. The van der Waals surface area contributed by atoms with Crippen LogP contribution in [0.4, 0.5) is 13.2 Å². The van der Waals surface area contributed by atoms with Gasteiger partial charge in [0, 0.05) is 25.5 Å². The first-order valence-electron chi connectivity index (χ1n) is 7.20. The van der Waals surface area contributed by atoms with E-state index in [1.807, 2.05) is 0 Å². The van der Waals surface area contributed by atoms with Crippen molar-refractivity contribution in [1.82, 2.24) is 14.5 Å². The third-order valence-corrected chi connectivity index (χ3v) is 4.01. The van der Waals surface area contributed by atoms with Crippen LogP contribution >= 0.6 is 0 Å². The van der Waals surface area contributed by atoms with Gasteiger partial charge in [-0.2, -0.15) is 13.2 Å². The van der Waals surface area contributed by atoms with Crippen LogP contribution in [-0.2, 0) is 18.0 Å². The van der Waals surface area contributed by atoms with Crippen molar-refractivity contribution < 1.29 is 22.7 Å². The van der Waals surface area contributed by atoms with Crippen molar-refractivity contribution in [2.45, 2.75) is 13.1 Å². The average molecular weight is 327 g/mol. The first kappa shape index (κ1) is 15.8. The van der Waals surface area contributed by atoms with Crippen LogP contribution in [0, 0.1) is 6.92 Å². The van der Waals surface area contributed by atoms with Crippen LogP contribution in [0.3, 0.4) is 0 Å². The van der Waals surface area contributed by atoms with Crippen molar-refractivity contribution in [3.05, 3.63) is 29.1 Å². The number of hydrogen-bond donors (Lipinski definition) is 0. The average Bonchev–Trinajstić information content (AvgIpc) is 2.84. The largest absolute Gasteiger partial charge is 0.433 e. The van der Waals surface area contributed by atoms with Gasteiger partial charge in [-0.15, -0.1) is 0 Å². The molecule has 3 heterocycles. The molecule has 2 aromatic rings. The van der Waals surface area contributed by atoms with E-state index >= 15 is 0 Å². The Kier molecular flexibility index (Phi) is 3.79. The molecule has 8 heteroatoms. The number of amides is 1. The monoisotopic (exact) mass is 327 g/mol. The second kappa shape index (κ2) is 5.52. The standard InChI is InChI=1S/C15H16F3N3O2/c1-9-7-12(15(16,17)18)19-13-10(9)8-11(20(13)2)14(22)21-3-5-23-6-4-21/h7-8H,3-6H2,1-2H3. The molecular weight excluding hydrogens is 311 g/mol. The van der Waals surface area contributed by atoms with E-state index in [1.54, 1.807) is 24.9 Å². The van der Waals surface area contributed by atoms with E-state index in [0.29, 0.717) is 42.9 Å². The number of ether oxygens (including phenoxy) is 1. The van der Waals surface area contributed by atoms with E-state index in [0.717, 1.165) is 6.07 Å².